The fourth-order valence-corrected chi connectivity index (χ4v) is 0.322. The normalized spacial score (nSPS) is 14.5. The molecule has 0 aliphatic heterocycles. The Hall–Kier alpha value is 0.550. The van der Waals surface area contributed by atoms with Crippen molar-refractivity contribution in [3.63, 3.8) is 0 Å². The first-order chi connectivity index (χ1) is 4.34. The van der Waals surface area contributed by atoms with Gasteiger partial charge in [0, 0.05) is 0 Å². The Labute approximate surface area is 74.7 Å². The molecule has 0 aromatic carbocycles. The number of alkyl halides is 6. The Bertz CT molecular complexity index is 105. The van der Waals surface area contributed by atoms with Crippen LogP contribution >= 0.6 is 34.8 Å². The summed E-state index contributed by atoms with van der Waals surface area (Å²) in [4.78, 5) is 0. The summed E-state index contributed by atoms with van der Waals surface area (Å²) in [6.45, 7) is -3.29. The van der Waals surface area contributed by atoms with Gasteiger partial charge in [0.1, 0.15) is 0 Å². The fourth-order valence-electron chi connectivity index (χ4n) is 0.167. The van der Waals surface area contributed by atoms with Gasteiger partial charge in [0.2, 0.25) is 3.79 Å². The van der Waals surface area contributed by atoms with Crippen LogP contribution in [-0.4, -0.2) is 16.8 Å². The van der Waals surface area contributed by atoms with E-state index in [1.54, 1.807) is 0 Å². The summed E-state index contributed by atoms with van der Waals surface area (Å²) < 4.78 is 35.2. The Balaban J connectivity index is 0. The molecule has 70 valence electrons. The zero-order chi connectivity index (χ0) is 8.36. The molecule has 0 fully saturated rings. The summed E-state index contributed by atoms with van der Waals surface area (Å²) in [6.07, 6.45) is -2.61. The van der Waals surface area contributed by atoms with E-state index in [0.29, 0.717) is 0 Å². The van der Waals surface area contributed by atoms with Gasteiger partial charge < -0.3 is 0 Å². The van der Waals surface area contributed by atoms with Crippen LogP contribution in [0.1, 0.15) is 0 Å². The minimum absolute atomic E-state index is 0. The summed E-state index contributed by atoms with van der Waals surface area (Å²) in [7, 11) is 0. The third-order valence-corrected chi connectivity index (χ3v) is 0.994. The highest BCUT2D eigenvalue weighted by molar-refractivity contribution is 6.67. The van der Waals surface area contributed by atoms with E-state index in [1.807, 2.05) is 0 Å². The quantitative estimate of drug-likeness (QED) is 0.530. The second-order valence-electron chi connectivity index (χ2n) is 1.25. The van der Waals surface area contributed by atoms with Crippen molar-refractivity contribution in [3.05, 3.63) is 0 Å². The summed E-state index contributed by atoms with van der Waals surface area (Å²) in [5.74, 6) is 0. The second kappa shape index (κ2) is 5.24. The van der Waals surface area contributed by atoms with Gasteiger partial charge in [-0.1, -0.05) is 34.8 Å². The molecule has 0 aromatic rings. The Morgan fingerprint density at radius 3 is 1.55 bits per heavy atom. The fraction of sp³-hybridized carbons (Fsp3) is 1.00. The van der Waals surface area contributed by atoms with E-state index in [4.69, 9.17) is 34.8 Å². The minimum atomic E-state index is -3.29. The summed E-state index contributed by atoms with van der Waals surface area (Å²) in [5, 5.41) is 0. The Morgan fingerprint density at radius 2 is 1.45 bits per heavy atom. The van der Waals surface area contributed by atoms with Gasteiger partial charge in [0.25, 0.3) is 6.36 Å². The van der Waals surface area contributed by atoms with Gasteiger partial charge in [0.15, 0.2) is 0 Å². The average molecular weight is 237 g/mol. The van der Waals surface area contributed by atoms with Gasteiger partial charge in [-0.2, -0.15) is 8.78 Å². The lowest BCUT2D eigenvalue weighted by Gasteiger charge is -2.15. The highest BCUT2D eigenvalue weighted by Crippen LogP contribution is 2.33. The minimum Gasteiger partial charge on any atom is -0.283 e. The maximum absolute atomic E-state index is 12.1. The van der Waals surface area contributed by atoms with Crippen molar-refractivity contribution in [2.45, 2.75) is 16.8 Å². The molecule has 0 amide bonds. The Morgan fingerprint density at radius 1 is 1.09 bits per heavy atom. The zero-order valence-corrected chi connectivity index (χ0v) is 7.01. The first kappa shape index (κ1) is 14.1. The van der Waals surface area contributed by atoms with E-state index < -0.39 is 16.8 Å². The molecule has 0 saturated heterocycles. The van der Waals surface area contributed by atoms with Crippen molar-refractivity contribution in [1.82, 2.24) is 0 Å². The van der Waals surface area contributed by atoms with Crippen LogP contribution in [0.2, 0.25) is 0 Å². The molecule has 1 atom stereocenters. The van der Waals surface area contributed by atoms with Crippen LogP contribution in [0.3, 0.4) is 0 Å². The topological polar surface area (TPSA) is 9.23 Å². The van der Waals surface area contributed by atoms with E-state index in [2.05, 4.69) is 4.74 Å². The maximum Gasteiger partial charge on any atom is 0.347 e. The predicted octanol–water partition coefficient (Wildman–Crippen LogP) is 3.04. The molecule has 0 spiro atoms. The van der Waals surface area contributed by atoms with Gasteiger partial charge in [0.05, 0.1) is 0 Å². The molecular formula is C3H3Cl3F4O. The van der Waals surface area contributed by atoms with Crippen molar-refractivity contribution in [3.8, 4) is 0 Å². The number of halogens is 7. The van der Waals surface area contributed by atoms with E-state index in [9.17, 15) is 13.2 Å². The van der Waals surface area contributed by atoms with Crippen LogP contribution in [0.4, 0.5) is 17.9 Å². The smallest absolute Gasteiger partial charge is 0.283 e. The first-order valence-electron chi connectivity index (χ1n) is 1.98. The number of hydrogen-bond acceptors (Lipinski definition) is 1. The summed E-state index contributed by atoms with van der Waals surface area (Å²) in [5.41, 5.74) is 0. The Kier molecular flexibility index (Phi) is 6.72. The third kappa shape index (κ3) is 6.93. The SMILES string of the molecule is F.FC(F)OC(F)C(Cl)(Cl)Cl. The van der Waals surface area contributed by atoms with Gasteiger partial charge in [-0.05, 0) is 0 Å². The van der Waals surface area contributed by atoms with Crippen molar-refractivity contribution in [1.29, 1.82) is 0 Å². The van der Waals surface area contributed by atoms with Crippen LogP contribution in [-0.2, 0) is 4.74 Å². The molecule has 0 rings (SSSR count). The van der Waals surface area contributed by atoms with E-state index in [1.165, 1.54) is 0 Å². The molecule has 0 bridgehead atoms. The third-order valence-electron chi connectivity index (χ3n) is 0.480. The molecule has 0 aliphatic rings. The molecule has 8 heteroatoms. The monoisotopic (exact) mass is 236 g/mol. The molecule has 1 nitrogen and oxygen atoms in total. The lowest BCUT2D eigenvalue weighted by molar-refractivity contribution is -0.198. The molecule has 0 saturated carbocycles. The largest absolute Gasteiger partial charge is 0.347 e. The van der Waals surface area contributed by atoms with Crippen LogP contribution < -0.4 is 0 Å². The summed E-state index contributed by atoms with van der Waals surface area (Å²) in [6, 6.07) is 0. The maximum atomic E-state index is 12.1. The van der Waals surface area contributed by atoms with Gasteiger partial charge in [-0.15, -0.1) is 0 Å². The highest BCUT2D eigenvalue weighted by Gasteiger charge is 2.35. The standard InChI is InChI=1S/C3H2Cl3F3O.FH/c4-3(5,6)1(7)10-2(8)9;/h1-2H;1H. The van der Waals surface area contributed by atoms with E-state index in [0.717, 1.165) is 0 Å². The van der Waals surface area contributed by atoms with E-state index in [-0.39, 0.29) is 4.70 Å². The van der Waals surface area contributed by atoms with Crippen LogP contribution in [0.25, 0.3) is 0 Å². The van der Waals surface area contributed by atoms with Crippen LogP contribution in [0.5, 0.6) is 0 Å². The summed E-state index contributed by atoms with van der Waals surface area (Å²) >= 11 is 14.5. The number of ether oxygens (including phenoxy) is 1. The van der Waals surface area contributed by atoms with Crippen molar-refractivity contribution >= 4 is 34.8 Å². The number of hydrogen-bond donors (Lipinski definition) is 0. The van der Waals surface area contributed by atoms with Crippen LogP contribution in [0, 0.1) is 0 Å². The lowest BCUT2D eigenvalue weighted by atomic mass is 10.8. The van der Waals surface area contributed by atoms with E-state index >= 15 is 0 Å². The second-order valence-corrected chi connectivity index (χ2v) is 3.62. The van der Waals surface area contributed by atoms with Gasteiger partial charge in [-0.3, -0.25) is 9.44 Å². The average Bonchev–Trinajstić information content (AvgIpc) is 1.60. The molecule has 11 heavy (non-hydrogen) atoms. The molecule has 0 aliphatic carbocycles. The molecule has 0 aromatic heterocycles. The predicted molar refractivity (Wildman–Crippen MR) is 34.8 cm³/mol. The van der Waals surface area contributed by atoms with Gasteiger partial charge in [-0.25, -0.2) is 4.39 Å². The zero-order valence-electron chi connectivity index (χ0n) is 4.74. The van der Waals surface area contributed by atoms with Crippen LogP contribution in [0.15, 0.2) is 0 Å². The molecule has 0 N–H and O–H groups in total. The lowest BCUT2D eigenvalue weighted by Crippen LogP contribution is -2.25. The molecule has 1 unspecified atom stereocenters. The number of rotatable bonds is 2. The molecule has 0 heterocycles. The van der Waals surface area contributed by atoms with Crippen molar-refractivity contribution < 1.29 is 22.6 Å². The first-order valence-corrected chi connectivity index (χ1v) is 3.12. The van der Waals surface area contributed by atoms with Gasteiger partial charge >= 0.3 is 6.61 Å². The van der Waals surface area contributed by atoms with Crippen molar-refractivity contribution in [2.24, 2.45) is 0 Å². The molecule has 0 radical (unpaired) electrons. The van der Waals surface area contributed by atoms with Crippen molar-refractivity contribution in [2.75, 3.05) is 0 Å². The highest BCUT2D eigenvalue weighted by atomic mass is 35.6. The molecular weight excluding hydrogens is 234 g/mol.